The Morgan fingerprint density at radius 1 is 0.824 bits per heavy atom. The van der Waals surface area contributed by atoms with Gasteiger partial charge in [-0.25, -0.2) is 0 Å². The van der Waals surface area contributed by atoms with Crippen LogP contribution in [0.1, 0.15) is 32.1 Å². The molecule has 0 bridgehead atoms. The monoisotopic (exact) mass is 536 g/mol. The van der Waals surface area contributed by atoms with E-state index in [0.717, 1.165) is 0 Å². The molecule has 0 amide bonds. The molecule has 2 atom stereocenters. The van der Waals surface area contributed by atoms with Crippen LogP contribution in [0.15, 0.2) is 0 Å². The lowest BCUT2D eigenvalue weighted by Crippen LogP contribution is -2.77. The van der Waals surface area contributed by atoms with Gasteiger partial charge in [0.05, 0.1) is 5.92 Å². The minimum atomic E-state index is -7.92. The molecule has 2 unspecified atom stereocenters. The number of esters is 1. The van der Waals surface area contributed by atoms with Crippen molar-refractivity contribution in [1.29, 1.82) is 0 Å². The van der Waals surface area contributed by atoms with E-state index in [1.807, 2.05) is 0 Å². The maximum absolute atomic E-state index is 14.7. The van der Waals surface area contributed by atoms with Crippen molar-refractivity contribution in [2.75, 3.05) is 6.61 Å². The molecule has 1 aliphatic heterocycles. The van der Waals surface area contributed by atoms with Crippen molar-refractivity contribution in [3.05, 3.63) is 0 Å². The maximum Gasteiger partial charge on any atom is 0.460 e. The number of alkyl halides is 14. The first-order valence-corrected chi connectivity index (χ1v) is 9.18. The van der Waals surface area contributed by atoms with E-state index in [1.165, 1.54) is 0 Å². The van der Waals surface area contributed by atoms with Crippen molar-refractivity contribution >= 4 is 5.97 Å². The van der Waals surface area contributed by atoms with Gasteiger partial charge in [0.2, 0.25) is 0 Å². The highest BCUT2D eigenvalue weighted by molar-refractivity contribution is 5.73. The second-order valence-electron chi connectivity index (χ2n) is 7.81. The Kier molecular flexibility index (Phi) is 6.71. The zero-order chi connectivity index (χ0) is 26.8. The third-order valence-electron chi connectivity index (χ3n) is 5.67. The molecule has 1 N–H and O–H groups in total. The highest BCUT2D eigenvalue weighted by atomic mass is 19.4. The summed E-state index contributed by atoms with van der Waals surface area (Å²) in [5.41, 5.74) is -6.13. The molecule has 2 rings (SSSR count). The summed E-state index contributed by atoms with van der Waals surface area (Å²) < 4.78 is 197. The van der Waals surface area contributed by atoms with Crippen molar-refractivity contribution < 1.29 is 80.8 Å². The highest BCUT2D eigenvalue weighted by Gasteiger charge is 2.97. The SMILES string of the molecule is O=C(OC1(C(F)(F)C(F)(F)C(F)(F)C(F)(F)F)COC(O)(C(F)(F)F)C1(F)F)C1CCCCC1. The predicted molar refractivity (Wildman–Crippen MR) is 78.2 cm³/mol. The standard InChI is InChI=1S/C16H14F14O4/c17-10(18,12(21,22)13(23,24)15(25,26)27)9(34-8(31)7-4-2-1-3-5-7)6-33-14(32,11(9,19)20)16(28,29)30/h7,32H,1-6H2. The van der Waals surface area contributed by atoms with E-state index in [2.05, 4.69) is 9.47 Å². The molecule has 1 saturated carbocycles. The van der Waals surface area contributed by atoms with Gasteiger partial charge in [-0.15, -0.1) is 0 Å². The molecule has 0 aromatic heterocycles. The van der Waals surface area contributed by atoms with Crippen molar-refractivity contribution in [2.24, 2.45) is 5.92 Å². The Labute approximate surface area is 180 Å². The summed E-state index contributed by atoms with van der Waals surface area (Å²) in [6.45, 7) is -3.22. The van der Waals surface area contributed by atoms with Crippen molar-refractivity contribution in [2.45, 2.75) is 79.5 Å². The summed E-state index contributed by atoms with van der Waals surface area (Å²) in [6, 6.07) is 0. The second-order valence-corrected chi connectivity index (χ2v) is 7.81. The third-order valence-corrected chi connectivity index (χ3v) is 5.67. The first-order valence-electron chi connectivity index (χ1n) is 9.18. The van der Waals surface area contributed by atoms with Gasteiger partial charge in [-0.2, -0.15) is 61.5 Å². The van der Waals surface area contributed by atoms with Crippen molar-refractivity contribution in [1.82, 2.24) is 0 Å². The van der Waals surface area contributed by atoms with Crippen LogP contribution in [0.3, 0.4) is 0 Å². The molecule has 1 saturated heterocycles. The van der Waals surface area contributed by atoms with Crippen molar-refractivity contribution in [3.8, 4) is 0 Å². The number of hydrogen-bond donors (Lipinski definition) is 1. The van der Waals surface area contributed by atoms with E-state index in [-0.39, 0.29) is 25.7 Å². The molecule has 34 heavy (non-hydrogen) atoms. The lowest BCUT2D eigenvalue weighted by Gasteiger charge is -2.45. The van der Waals surface area contributed by atoms with Crippen LogP contribution in [0.25, 0.3) is 0 Å². The summed E-state index contributed by atoms with van der Waals surface area (Å²) in [5, 5.41) is 9.23. The van der Waals surface area contributed by atoms with Crippen LogP contribution in [-0.4, -0.2) is 65.1 Å². The minimum absolute atomic E-state index is 0.102. The fourth-order valence-corrected chi connectivity index (χ4v) is 3.59. The van der Waals surface area contributed by atoms with Gasteiger partial charge in [0, 0.05) is 0 Å². The Bertz CT molecular complexity index is 786. The first kappa shape index (κ1) is 28.6. The van der Waals surface area contributed by atoms with E-state index in [9.17, 15) is 71.4 Å². The van der Waals surface area contributed by atoms with Crippen LogP contribution >= 0.6 is 0 Å². The number of carbonyl (C=O) groups is 1. The predicted octanol–water partition coefficient (Wildman–Crippen LogP) is 5.23. The average Bonchev–Trinajstić information content (AvgIpc) is 2.89. The second kappa shape index (κ2) is 7.96. The highest BCUT2D eigenvalue weighted by Crippen LogP contribution is 2.65. The first-order chi connectivity index (χ1) is 14.9. The van der Waals surface area contributed by atoms with Crippen LogP contribution in [0.4, 0.5) is 61.5 Å². The molecule has 1 heterocycles. The molecular weight excluding hydrogens is 522 g/mol. The maximum atomic E-state index is 14.7. The van der Waals surface area contributed by atoms with Crippen LogP contribution < -0.4 is 0 Å². The molecule has 2 aliphatic rings. The number of carbonyl (C=O) groups excluding carboxylic acids is 1. The molecule has 1 aliphatic carbocycles. The number of rotatable bonds is 5. The molecule has 4 nitrogen and oxygen atoms in total. The molecule has 0 radical (unpaired) electrons. The van der Waals surface area contributed by atoms with Gasteiger partial charge >= 0.3 is 47.8 Å². The summed E-state index contributed by atoms with van der Waals surface area (Å²) in [5.74, 6) is -40.3. The van der Waals surface area contributed by atoms with E-state index in [1.54, 1.807) is 0 Å². The summed E-state index contributed by atoms with van der Waals surface area (Å²) in [7, 11) is 0. The minimum Gasteiger partial charge on any atom is -0.443 e. The Hall–Kier alpha value is -1.59. The molecule has 200 valence electrons. The van der Waals surface area contributed by atoms with Gasteiger partial charge in [0.15, 0.2) is 0 Å². The lowest BCUT2D eigenvalue weighted by atomic mass is 9.80. The molecule has 2 fully saturated rings. The van der Waals surface area contributed by atoms with E-state index in [4.69, 9.17) is 0 Å². The Morgan fingerprint density at radius 2 is 1.29 bits per heavy atom. The van der Waals surface area contributed by atoms with Crippen molar-refractivity contribution in [3.63, 3.8) is 0 Å². The fraction of sp³-hybridized carbons (Fsp3) is 0.938. The van der Waals surface area contributed by atoms with Gasteiger partial charge in [-0.05, 0) is 12.8 Å². The fourth-order valence-electron chi connectivity index (χ4n) is 3.59. The zero-order valence-electron chi connectivity index (χ0n) is 16.3. The summed E-state index contributed by atoms with van der Waals surface area (Å²) in [4.78, 5) is 12.2. The quantitative estimate of drug-likeness (QED) is 0.386. The average molecular weight is 536 g/mol. The Balaban J connectivity index is 2.75. The topological polar surface area (TPSA) is 55.8 Å². The van der Waals surface area contributed by atoms with Crippen LogP contribution in [-0.2, 0) is 14.3 Å². The summed E-state index contributed by atoms with van der Waals surface area (Å²) >= 11 is 0. The van der Waals surface area contributed by atoms with Gasteiger partial charge < -0.3 is 14.6 Å². The Morgan fingerprint density at radius 3 is 1.68 bits per heavy atom. The van der Waals surface area contributed by atoms with Crippen LogP contribution in [0.5, 0.6) is 0 Å². The van der Waals surface area contributed by atoms with E-state index < -0.39 is 65.9 Å². The van der Waals surface area contributed by atoms with Gasteiger partial charge in [0.25, 0.3) is 5.60 Å². The largest absolute Gasteiger partial charge is 0.460 e. The van der Waals surface area contributed by atoms with Crippen LogP contribution in [0, 0.1) is 5.92 Å². The lowest BCUT2D eigenvalue weighted by molar-refractivity contribution is -0.445. The molecule has 0 spiro atoms. The molecular formula is C16H14F14O4. The molecule has 0 aromatic rings. The zero-order valence-corrected chi connectivity index (χ0v) is 16.3. The van der Waals surface area contributed by atoms with Gasteiger partial charge in [-0.1, -0.05) is 19.3 Å². The number of hydrogen-bond acceptors (Lipinski definition) is 4. The third kappa shape index (κ3) is 3.61. The van der Waals surface area contributed by atoms with Gasteiger partial charge in [-0.3, -0.25) is 4.79 Å². The molecule has 18 heteroatoms. The normalized spacial score (nSPS) is 29.9. The number of halogens is 14. The van der Waals surface area contributed by atoms with E-state index in [0.29, 0.717) is 6.42 Å². The summed E-state index contributed by atoms with van der Waals surface area (Å²) in [6.07, 6.45) is -14.4. The molecule has 0 aromatic carbocycles. The number of aliphatic hydroxyl groups is 1. The van der Waals surface area contributed by atoms with Gasteiger partial charge in [0.1, 0.15) is 6.61 Å². The van der Waals surface area contributed by atoms with Crippen LogP contribution in [0.2, 0.25) is 0 Å². The number of ether oxygens (including phenoxy) is 2. The smallest absolute Gasteiger partial charge is 0.443 e. The van der Waals surface area contributed by atoms with E-state index >= 15 is 0 Å².